The lowest BCUT2D eigenvalue weighted by atomic mass is 9.95. The molecule has 0 aliphatic carbocycles. The Morgan fingerprint density at radius 2 is 1.63 bits per heavy atom. The number of amides is 1. The molecule has 8 heteroatoms. The Kier molecular flexibility index (Phi) is 7.07. The molecule has 1 fully saturated rings. The predicted molar refractivity (Wildman–Crippen MR) is 130 cm³/mol. The van der Waals surface area contributed by atoms with E-state index in [1.54, 1.807) is 37.4 Å². The van der Waals surface area contributed by atoms with Crippen molar-refractivity contribution in [2.45, 2.75) is 12.5 Å². The van der Waals surface area contributed by atoms with Gasteiger partial charge in [0.25, 0.3) is 11.7 Å². The van der Waals surface area contributed by atoms with Crippen LogP contribution in [0.2, 0.25) is 5.02 Å². The van der Waals surface area contributed by atoms with Gasteiger partial charge in [-0.05, 0) is 66.1 Å². The van der Waals surface area contributed by atoms with E-state index in [0.717, 1.165) is 5.56 Å². The molecular formula is C27H23ClFNO5. The van der Waals surface area contributed by atoms with Crippen LogP contribution in [0.25, 0.3) is 5.76 Å². The first-order chi connectivity index (χ1) is 16.8. The van der Waals surface area contributed by atoms with E-state index in [-0.39, 0.29) is 23.4 Å². The Labute approximate surface area is 207 Å². The monoisotopic (exact) mass is 495 g/mol. The molecule has 180 valence electrons. The molecule has 0 aromatic heterocycles. The van der Waals surface area contributed by atoms with E-state index in [1.165, 1.54) is 36.3 Å². The normalized spacial score (nSPS) is 17.0. The summed E-state index contributed by atoms with van der Waals surface area (Å²) in [5.74, 6) is -1.24. The third-order valence-corrected chi connectivity index (χ3v) is 6.18. The summed E-state index contributed by atoms with van der Waals surface area (Å²) in [6, 6.07) is 16.4. The van der Waals surface area contributed by atoms with Crippen molar-refractivity contribution in [1.82, 2.24) is 4.90 Å². The van der Waals surface area contributed by atoms with E-state index >= 15 is 0 Å². The van der Waals surface area contributed by atoms with Crippen molar-refractivity contribution in [3.63, 3.8) is 0 Å². The van der Waals surface area contributed by atoms with Gasteiger partial charge in [-0.3, -0.25) is 9.59 Å². The van der Waals surface area contributed by atoms with Crippen LogP contribution in [-0.2, 0) is 16.0 Å². The number of likely N-dealkylation sites (tertiary alicyclic amines) is 1. The zero-order valence-corrected chi connectivity index (χ0v) is 19.9. The lowest BCUT2D eigenvalue weighted by molar-refractivity contribution is -0.139. The number of aliphatic hydroxyl groups is 1. The van der Waals surface area contributed by atoms with Crippen LogP contribution in [0.1, 0.15) is 22.7 Å². The predicted octanol–water partition coefficient (Wildman–Crippen LogP) is 5.16. The number of hydrogen-bond acceptors (Lipinski definition) is 5. The summed E-state index contributed by atoms with van der Waals surface area (Å²) in [6.07, 6.45) is 0.425. The van der Waals surface area contributed by atoms with Crippen molar-refractivity contribution in [3.05, 3.63) is 99.8 Å². The first kappa shape index (κ1) is 24.3. The van der Waals surface area contributed by atoms with Crippen LogP contribution in [0, 0.1) is 5.82 Å². The Bertz CT molecular complexity index is 1290. The van der Waals surface area contributed by atoms with E-state index < -0.39 is 23.5 Å². The van der Waals surface area contributed by atoms with Crippen molar-refractivity contribution in [1.29, 1.82) is 0 Å². The van der Waals surface area contributed by atoms with Gasteiger partial charge in [0.1, 0.15) is 11.6 Å². The van der Waals surface area contributed by atoms with Crippen LogP contribution in [0.3, 0.4) is 0 Å². The van der Waals surface area contributed by atoms with Crippen molar-refractivity contribution in [2.24, 2.45) is 0 Å². The Morgan fingerprint density at radius 3 is 2.26 bits per heavy atom. The number of ether oxygens (including phenoxy) is 2. The molecule has 0 radical (unpaired) electrons. The molecule has 6 nitrogen and oxygen atoms in total. The SMILES string of the molecule is COc1ccc(CCN2C(=O)C(=O)C(=C(O)c3ccc(F)cc3)[C@@H]2c2ccc(Cl)cc2)cc1OC. The standard InChI is InChI=1S/C27H23ClFNO5/c1-34-21-12-3-16(15-22(21)35-2)13-14-30-24(17-4-8-19(28)9-5-17)23(26(32)27(30)33)25(31)18-6-10-20(29)11-7-18/h3-12,15,24,31H,13-14H2,1-2H3/t24-/m0/s1. The van der Waals surface area contributed by atoms with Gasteiger partial charge in [-0.25, -0.2) is 4.39 Å². The number of carbonyl (C=O) groups excluding carboxylic acids is 2. The average Bonchev–Trinajstić information content (AvgIpc) is 3.12. The van der Waals surface area contributed by atoms with Gasteiger partial charge < -0.3 is 19.5 Å². The highest BCUT2D eigenvalue weighted by molar-refractivity contribution is 6.46. The molecule has 35 heavy (non-hydrogen) atoms. The van der Waals surface area contributed by atoms with Crippen LogP contribution in [-0.4, -0.2) is 42.5 Å². The Balaban J connectivity index is 1.73. The summed E-state index contributed by atoms with van der Waals surface area (Å²) >= 11 is 6.05. The maximum atomic E-state index is 13.4. The molecule has 3 aromatic rings. The largest absolute Gasteiger partial charge is 0.507 e. The van der Waals surface area contributed by atoms with E-state index in [4.69, 9.17) is 21.1 Å². The minimum absolute atomic E-state index is 0.0590. The number of hydrogen-bond donors (Lipinski definition) is 1. The zero-order chi connectivity index (χ0) is 25.1. The fraction of sp³-hybridized carbons (Fsp3) is 0.185. The highest BCUT2D eigenvalue weighted by atomic mass is 35.5. The second-order valence-electron chi connectivity index (χ2n) is 7.99. The lowest BCUT2D eigenvalue weighted by Crippen LogP contribution is -2.31. The molecular weight excluding hydrogens is 473 g/mol. The van der Waals surface area contributed by atoms with Gasteiger partial charge in [-0.1, -0.05) is 29.8 Å². The number of methoxy groups -OCH3 is 2. The van der Waals surface area contributed by atoms with Crippen LogP contribution in [0.15, 0.2) is 72.3 Å². The van der Waals surface area contributed by atoms with Crippen LogP contribution >= 0.6 is 11.6 Å². The molecule has 0 saturated carbocycles. The van der Waals surface area contributed by atoms with Crippen LogP contribution in [0.4, 0.5) is 4.39 Å². The van der Waals surface area contributed by atoms with E-state index in [0.29, 0.717) is 28.5 Å². The van der Waals surface area contributed by atoms with Crippen molar-refractivity contribution < 1.29 is 28.6 Å². The van der Waals surface area contributed by atoms with Crippen molar-refractivity contribution in [2.75, 3.05) is 20.8 Å². The summed E-state index contributed by atoms with van der Waals surface area (Å²) in [5, 5.41) is 11.5. The number of nitrogens with zero attached hydrogens (tertiary/aromatic N) is 1. The second-order valence-corrected chi connectivity index (χ2v) is 8.43. The minimum atomic E-state index is -0.836. The van der Waals surface area contributed by atoms with E-state index in [1.807, 2.05) is 12.1 Å². The summed E-state index contributed by atoms with van der Waals surface area (Å²) in [5.41, 5.74) is 1.67. The summed E-state index contributed by atoms with van der Waals surface area (Å²) in [6.45, 7) is 0.202. The molecule has 0 bridgehead atoms. The van der Waals surface area contributed by atoms with Gasteiger partial charge in [0, 0.05) is 17.1 Å². The second kappa shape index (κ2) is 10.2. The van der Waals surface area contributed by atoms with Gasteiger partial charge in [-0.15, -0.1) is 0 Å². The van der Waals surface area contributed by atoms with Gasteiger partial charge in [-0.2, -0.15) is 0 Å². The third kappa shape index (κ3) is 4.86. The Hall–Kier alpha value is -3.84. The summed E-state index contributed by atoms with van der Waals surface area (Å²) in [4.78, 5) is 27.6. The molecule has 1 heterocycles. The topological polar surface area (TPSA) is 76.1 Å². The minimum Gasteiger partial charge on any atom is -0.507 e. The molecule has 4 rings (SSSR count). The number of carbonyl (C=O) groups is 2. The van der Waals surface area contributed by atoms with E-state index in [2.05, 4.69) is 0 Å². The summed E-state index contributed by atoms with van der Waals surface area (Å²) in [7, 11) is 3.08. The molecule has 1 saturated heterocycles. The third-order valence-electron chi connectivity index (χ3n) is 5.93. The highest BCUT2D eigenvalue weighted by Crippen LogP contribution is 2.40. The molecule has 1 atom stereocenters. The molecule has 3 aromatic carbocycles. The number of ketones is 1. The molecule has 1 aliphatic heterocycles. The zero-order valence-electron chi connectivity index (χ0n) is 19.1. The highest BCUT2D eigenvalue weighted by Gasteiger charge is 2.45. The fourth-order valence-corrected chi connectivity index (χ4v) is 4.28. The van der Waals surface area contributed by atoms with Crippen molar-refractivity contribution >= 4 is 29.1 Å². The number of Topliss-reactive ketones (excluding diaryl/α,β-unsaturated/α-hetero) is 1. The molecule has 1 amide bonds. The fourth-order valence-electron chi connectivity index (χ4n) is 4.15. The number of rotatable bonds is 7. The molecule has 1 N–H and O–H groups in total. The molecule has 0 unspecified atom stereocenters. The summed E-state index contributed by atoms with van der Waals surface area (Å²) < 4.78 is 24.0. The van der Waals surface area contributed by atoms with Crippen molar-refractivity contribution in [3.8, 4) is 11.5 Å². The molecule has 0 spiro atoms. The number of aliphatic hydroxyl groups excluding tert-OH is 1. The van der Waals surface area contributed by atoms with Crippen LogP contribution < -0.4 is 9.47 Å². The van der Waals surface area contributed by atoms with Crippen LogP contribution in [0.5, 0.6) is 11.5 Å². The first-order valence-electron chi connectivity index (χ1n) is 10.8. The number of benzene rings is 3. The lowest BCUT2D eigenvalue weighted by Gasteiger charge is -2.25. The number of halogens is 2. The van der Waals surface area contributed by atoms with Gasteiger partial charge >= 0.3 is 0 Å². The maximum Gasteiger partial charge on any atom is 0.295 e. The maximum absolute atomic E-state index is 13.4. The molecule has 1 aliphatic rings. The smallest absolute Gasteiger partial charge is 0.295 e. The quantitative estimate of drug-likeness (QED) is 0.278. The van der Waals surface area contributed by atoms with E-state index in [9.17, 15) is 19.1 Å². The average molecular weight is 496 g/mol. The van der Waals surface area contributed by atoms with Gasteiger partial charge in [0.15, 0.2) is 11.5 Å². The van der Waals surface area contributed by atoms with Gasteiger partial charge in [0.05, 0.1) is 25.8 Å². The Morgan fingerprint density at radius 1 is 0.971 bits per heavy atom. The first-order valence-corrected chi connectivity index (χ1v) is 11.2. The van der Waals surface area contributed by atoms with Gasteiger partial charge in [0.2, 0.25) is 0 Å².